The molecule has 10 nitrogen and oxygen atoms in total. The van der Waals surface area contributed by atoms with E-state index in [2.05, 4.69) is 15.2 Å². The van der Waals surface area contributed by atoms with Crippen molar-refractivity contribution in [3.63, 3.8) is 0 Å². The smallest absolute Gasteiger partial charge is 0.397 e. The van der Waals surface area contributed by atoms with E-state index < -0.39 is 34.9 Å². The number of aldehydes is 1. The highest BCUT2D eigenvalue weighted by molar-refractivity contribution is 5.84. The van der Waals surface area contributed by atoms with Crippen LogP contribution in [0.5, 0.6) is 0 Å². The van der Waals surface area contributed by atoms with Crippen LogP contribution in [0.15, 0.2) is 53.7 Å². The molecule has 226 valence electrons. The molecule has 0 saturated heterocycles. The van der Waals surface area contributed by atoms with E-state index >= 15 is 0 Å². The van der Waals surface area contributed by atoms with Crippen LogP contribution in [-0.2, 0) is 6.18 Å². The van der Waals surface area contributed by atoms with Gasteiger partial charge in [0.1, 0.15) is 11.4 Å². The van der Waals surface area contributed by atoms with Gasteiger partial charge in [-0.1, -0.05) is 33.3 Å². The number of aromatic amines is 1. The second-order valence-electron chi connectivity index (χ2n) is 8.74. The van der Waals surface area contributed by atoms with Gasteiger partial charge >= 0.3 is 6.18 Å². The van der Waals surface area contributed by atoms with Crippen molar-refractivity contribution in [2.24, 2.45) is 0 Å². The van der Waals surface area contributed by atoms with Crippen molar-refractivity contribution < 1.29 is 27.5 Å². The Morgan fingerprint density at radius 3 is 2.50 bits per heavy atom. The number of benzene rings is 1. The first-order valence-corrected chi connectivity index (χ1v) is 13.0. The largest absolute Gasteiger partial charge is 0.423 e. The Kier molecular flexibility index (Phi) is 12.3. The summed E-state index contributed by atoms with van der Waals surface area (Å²) < 4.78 is 52.1. The number of fused-ring (bicyclic) bond motifs is 1. The van der Waals surface area contributed by atoms with Gasteiger partial charge in [-0.15, -0.1) is 5.10 Å². The van der Waals surface area contributed by atoms with Gasteiger partial charge in [0, 0.05) is 25.4 Å². The Morgan fingerprint density at radius 2 is 1.93 bits per heavy atom. The number of hydrogen-bond donors (Lipinski definition) is 3. The number of rotatable bonds is 8. The third kappa shape index (κ3) is 8.96. The summed E-state index contributed by atoms with van der Waals surface area (Å²) in [6.45, 7) is 6.49. The van der Waals surface area contributed by atoms with Crippen LogP contribution < -0.4 is 11.3 Å². The zero-order valence-corrected chi connectivity index (χ0v) is 23.6. The summed E-state index contributed by atoms with van der Waals surface area (Å²) in [5, 5.41) is 19.0. The predicted octanol–water partition coefficient (Wildman–Crippen LogP) is 4.81. The monoisotopic (exact) mass is 591 g/mol. The number of nitrogen functional groups attached to an aromatic ring is 1. The van der Waals surface area contributed by atoms with Crippen molar-refractivity contribution in [3.05, 3.63) is 81.8 Å². The average molecular weight is 592 g/mol. The minimum atomic E-state index is -4.74. The minimum absolute atomic E-state index is 0.225. The number of aliphatic hydroxyl groups excluding tert-OH is 1. The highest BCUT2D eigenvalue weighted by Crippen LogP contribution is 2.29. The van der Waals surface area contributed by atoms with Gasteiger partial charge in [-0.05, 0) is 48.5 Å². The second kappa shape index (κ2) is 15.4. The highest BCUT2D eigenvalue weighted by Gasteiger charge is 2.36. The maximum atomic E-state index is 14.6. The fraction of sp³-hybridized carbons (Fsp3) is 0.321. The first-order chi connectivity index (χ1) is 19.9. The molecule has 0 aliphatic rings. The van der Waals surface area contributed by atoms with Crippen LogP contribution in [0.25, 0.3) is 23.1 Å². The molecule has 1 unspecified atom stereocenters. The van der Waals surface area contributed by atoms with Gasteiger partial charge in [0.05, 0.1) is 23.6 Å². The van der Waals surface area contributed by atoms with Crippen LogP contribution in [-0.4, -0.2) is 60.8 Å². The van der Waals surface area contributed by atoms with Crippen LogP contribution in [0.4, 0.5) is 23.2 Å². The van der Waals surface area contributed by atoms with Gasteiger partial charge in [-0.3, -0.25) is 9.59 Å². The zero-order valence-electron chi connectivity index (χ0n) is 23.6. The second-order valence-corrected chi connectivity index (χ2v) is 8.74. The summed E-state index contributed by atoms with van der Waals surface area (Å²) in [4.78, 5) is 28.1. The number of anilines is 1. The number of carbonyl (C=O) groups is 1. The molecule has 4 aromatic rings. The van der Waals surface area contributed by atoms with E-state index in [4.69, 9.17) is 5.73 Å². The third-order valence-electron chi connectivity index (χ3n) is 5.58. The summed E-state index contributed by atoms with van der Waals surface area (Å²) in [5.74, 6) is -0.301. The quantitative estimate of drug-likeness (QED) is 0.196. The Labute approximate surface area is 239 Å². The summed E-state index contributed by atoms with van der Waals surface area (Å²) in [6, 6.07) is 8.19. The molecule has 0 amide bonds. The number of alkyl halides is 3. The molecule has 3 aromatic heterocycles. The molecule has 3 heterocycles. The van der Waals surface area contributed by atoms with Gasteiger partial charge in [0.2, 0.25) is 0 Å². The van der Waals surface area contributed by atoms with Crippen molar-refractivity contribution in [2.45, 2.75) is 45.9 Å². The standard InChI is InChI=1S/C21H23FN4O2.C5H4F3N3O.C2H6/c1-3-6-17(28)13-25(2)10-8-15-11-18(19(22)12-16(15)14-27)21-23-20-7-4-5-9-26(20)24-21;6-5(7,8)3-2(9)1-10-11-4(3)12;1-2/h4-5,7-12,14,17,28H,3,6,13H2,1-2H3;1H,(H3,9,11,12);1-2H3/b10-8-;;. The van der Waals surface area contributed by atoms with E-state index in [-0.39, 0.29) is 17.0 Å². The molecule has 4 rings (SSSR count). The van der Waals surface area contributed by atoms with Gasteiger partial charge in [0.15, 0.2) is 17.8 Å². The number of pyridine rings is 1. The third-order valence-corrected chi connectivity index (χ3v) is 5.58. The Bertz CT molecular complexity index is 1520. The van der Waals surface area contributed by atoms with E-state index in [0.29, 0.717) is 24.0 Å². The first kappa shape index (κ1) is 33.6. The Morgan fingerprint density at radius 1 is 1.21 bits per heavy atom. The Balaban J connectivity index is 0.000000368. The van der Waals surface area contributed by atoms with Gasteiger partial charge in [0.25, 0.3) is 5.56 Å². The van der Waals surface area contributed by atoms with E-state index in [1.165, 1.54) is 6.07 Å². The molecule has 0 spiro atoms. The highest BCUT2D eigenvalue weighted by atomic mass is 19.4. The Hall–Kier alpha value is -4.59. The molecule has 42 heavy (non-hydrogen) atoms. The number of nitrogens with zero attached hydrogens (tertiary/aromatic N) is 5. The topological polar surface area (TPSA) is 142 Å². The minimum Gasteiger partial charge on any atom is -0.397 e. The maximum Gasteiger partial charge on any atom is 0.423 e. The summed E-state index contributed by atoms with van der Waals surface area (Å²) in [6.07, 6.45) is 3.05. The zero-order chi connectivity index (χ0) is 31.4. The molecule has 0 fully saturated rings. The van der Waals surface area contributed by atoms with E-state index in [9.17, 15) is 32.3 Å². The number of hydrogen-bond acceptors (Lipinski definition) is 8. The molecular weight excluding hydrogens is 558 g/mol. The number of nitrogens with one attached hydrogen (secondary N) is 1. The number of halogens is 4. The van der Waals surface area contributed by atoms with Crippen LogP contribution >= 0.6 is 0 Å². The SMILES string of the molecule is CC.CCCC(O)CN(C)/C=C\c1cc(-c2nc3ccccn3n2)c(F)cc1C=O.Nc1cn[nH]c(=O)c1C(F)(F)F. The molecule has 0 radical (unpaired) electrons. The fourth-order valence-electron chi connectivity index (χ4n) is 3.70. The number of nitrogens with two attached hydrogens (primary N) is 1. The molecule has 14 heteroatoms. The van der Waals surface area contributed by atoms with Gasteiger partial charge < -0.3 is 15.7 Å². The molecule has 0 aliphatic heterocycles. The molecule has 0 aliphatic carbocycles. The summed E-state index contributed by atoms with van der Waals surface area (Å²) >= 11 is 0. The lowest BCUT2D eigenvalue weighted by molar-refractivity contribution is -0.138. The number of aliphatic hydroxyl groups is 1. The van der Waals surface area contributed by atoms with Crippen molar-refractivity contribution in [1.82, 2.24) is 29.7 Å². The van der Waals surface area contributed by atoms with E-state index in [1.807, 2.05) is 44.9 Å². The van der Waals surface area contributed by atoms with Gasteiger partial charge in [-0.25, -0.2) is 19.0 Å². The van der Waals surface area contributed by atoms with Gasteiger partial charge in [-0.2, -0.15) is 18.3 Å². The molecule has 1 aromatic carbocycles. The summed E-state index contributed by atoms with van der Waals surface area (Å²) in [7, 11) is 1.84. The lowest BCUT2D eigenvalue weighted by Gasteiger charge is -2.18. The number of H-pyrrole nitrogens is 1. The molecule has 4 N–H and O–H groups in total. The predicted molar refractivity (Wildman–Crippen MR) is 152 cm³/mol. The first-order valence-electron chi connectivity index (χ1n) is 13.0. The average Bonchev–Trinajstić information content (AvgIpc) is 3.37. The van der Waals surface area contributed by atoms with E-state index in [0.717, 1.165) is 19.0 Å². The van der Waals surface area contributed by atoms with Crippen molar-refractivity contribution in [2.75, 3.05) is 19.3 Å². The van der Waals surface area contributed by atoms with Crippen molar-refractivity contribution >= 4 is 23.7 Å². The van der Waals surface area contributed by atoms with E-state index in [1.54, 1.807) is 40.2 Å². The maximum absolute atomic E-state index is 14.6. The van der Waals surface area contributed by atoms with Crippen LogP contribution in [0.1, 0.15) is 55.1 Å². The lowest BCUT2D eigenvalue weighted by Crippen LogP contribution is -2.24. The molecular formula is C28H33F4N7O3. The number of carbonyl (C=O) groups excluding carboxylic acids is 1. The lowest BCUT2D eigenvalue weighted by atomic mass is 10.0. The fourth-order valence-corrected chi connectivity index (χ4v) is 3.70. The van der Waals surface area contributed by atoms with Crippen LogP contribution in [0, 0.1) is 5.82 Å². The normalized spacial score (nSPS) is 11.8. The number of aromatic nitrogens is 5. The molecule has 1 atom stereocenters. The number of likely N-dealkylation sites (N-methyl/N-ethyl adjacent to an activating group) is 1. The van der Waals surface area contributed by atoms with Crippen molar-refractivity contribution in [1.29, 1.82) is 0 Å². The van der Waals surface area contributed by atoms with Crippen LogP contribution in [0.2, 0.25) is 0 Å². The van der Waals surface area contributed by atoms with Crippen molar-refractivity contribution in [3.8, 4) is 11.4 Å². The molecule has 0 bridgehead atoms. The van der Waals surface area contributed by atoms with Crippen LogP contribution in [0.3, 0.4) is 0 Å². The molecule has 0 saturated carbocycles. The summed E-state index contributed by atoms with van der Waals surface area (Å²) in [5.41, 5.74) is 3.13.